The third-order valence-electron chi connectivity index (χ3n) is 2.98. The van der Waals surface area contributed by atoms with Gasteiger partial charge in [-0.1, -0.05) is 13.0 Å². The van der Waals surface area contributed by atoms with E-state index in [4.69, 9.17) is 0 Å². The van der Waals surface area contributed by atoms with Gasteiger partial charge in [0.1, 0.15) is 0 Å². The van der Waals surface area contributed by atoms with Crippen molar-refractivity contribution in [2.24, 2.45) is 0 Å². The van der Waals surface area contributed by atoms with Gasteiger partial charge in [0.15, 0.2) is 0 Å². The van der Waals surface area contributed by atoms with Crippen molar-refractivity contribution >= 4 is 0 Å². The van der Waals surface area contributed by atoms with Crippen LogP contribution in [0.15, 0.2) is 18.3 Å². The number of aromatic nitrogens is 1. The van der Waals surface area contributed by atoms with Gasteiger partial charge >= 0.3 is 0 Å². The average molecular weight is 205 g/mol. The lowest BCUT2D eigenvalue weighted by Gasteiger charge is -2.12. The number of aryl methyl sites for hydroxylation is 1. The number of hydrogen-bond acceptors (Lipinski definition) is 3. The minimum absolute atomic E-state index is 0.622. The summed E-state index contributed by atoms with van der Waals surface area (Å²) in [4.78, 5) is 4.43. The molecular weight excluding hydrogens is 186 g/mol. The molecule has 2 heterocycles. The van der Waals surface area contributed by atoms with Crippen LogP contribution in [-0.4, -0.2) is 24.1 Å². The molecule has 1 saturated heterocycles. The Morgan fingerprint density at radius 2 is 2.53 bits per heavy atom. The Morgan fingerprint density at radius 1 is 1.60 bits per heavy atom. The fraction of sp³-hybridized carbons (Fsp3) is 0.583. The lowest BCUT2D eigenvalue weighted by atomic mass is 10.1. The van der Waals surface area contributed by atoms with Gasteiger partial charge in [0.25, 0.3) is 0 Å². The highest BCUT2D eigenvalue weighted by molar-refractivity contribution is 5.19. The lowest BCUT2D eigenvalue weighted by molar-refractivity contribution is 0.540. The van der Waals surface area contributed by atoms with Crippen molar-refractivity contribution in [2.75, 3.05) is 13.1 Å². The predicted molar refractivity (Wildman–Crippen MR) is 61.7 cm³/mol. The van der Waals surface area contributed by atoms with Crippen molar-refractivity contribution in [3.05, 3.63) is 29.6 Å². The fourth-order valence-electron chi connectivity index (χ4n) is 2.02. The van der Waals surface area contributed by atoms with Gasteiger partial charge in [-0.2, -0.15) is 0 Å². The van der Waals surface area contributed by atoms with Crippen molar-refractivity contribution in [1.29, 1.82) is 0 Å². The number of hydrogen-bond donors (Lipinski definition) is 2. The minimum Gasteiger partial charge on any atom is -0.315 e. The molecule has 0 aromatic carbocycles. The van der Waals surface area contributed by atoms with Gasteiger partial charge in [-0.3, -0.25) is 4.98 Å². The van der Waals surface area contributed by atoms with Crippen LogP contribution in [0.5, 0.6) is 0 Å². The van der Waals surface area contributed by atoms with Crippen molar-refractivity contribution in [3.63, 3.8) is 0 Å². The molecule has 82 valence electrons. The van der Waals surface area contributed by atoms with Crippen LogP contribution in [0.4, 0.5) is 0 Å². The Labute approximate surface area is 91.3 Å². The maximum absolute atomic E-state index is 4.43. The molecule has 15 heavy (non-hydrogen) atoms. The van der Waals surface area contributed by atoms with E-state index in [0.29, 0.717) is 6.04 Å². The molecule has 0 bridgehead atoms. The third-order valence-corrected chi connectivity index (χ3v) is 2.98. The highest BCUT2D eigenvalue weighted by Gasteiger charge is 2.13. The third kappa shape index (κ3) is 2.76. The molecule has 2 N–H and O–H groups in total. The Morgan fingerprint density at radius 3 is 3.27 bits per heavy atom. The number of nitrogens with zero attached hydrogens (tertiary/aromatic N) is 1. The molecule has 1 aliphatic rings. The Kier molecular flexibility index (Phi) is 3.69. The van der Waals surface area contributed by atoms with Crippen LogP contribution in [0.3, 0.4) is 0 Å². The number of pyridine rings is 1. The molecule has 0 amide bonds. The molecule has 0 aliphatic carbocycles. The maximum atomic E-state index is 4.43. The molecule has 0 spiro atoms. The van der Waals surface area contributed by atoms with Crippen LogP contribution in [0.1, 0.15) is 24.6 Å². The summed E-state index contributed by atoms with van der Waals surface area (Å²) >= 11 is 0. The van der Waals surface area contributed by atoms with E-state index in [9.17, 15) is 0 Å². The van der Waals surface area contributed by atoms with Crippen LogP contribution in [0.2, 0.25) is 0 Å². The van der Waals surface area contributed by atoms with E-state index in [1.807, 2.05) is 12.3 Å². The van der Waals surface area contributed by atoms with Gasteiger partial charge in [-0.25, -0.2) is 0 Å². The first kappa shape index (κ1) is 10.6. The van der Waals surface area contributed by atoms with Crippen molar-refractivity contribution < 1.29 is 0 Å². The van der Waals surface area contributed by atoms with Crippen molar-refractivity contribution in [3.8, 4) is 0 Å². The summed E-state index contributed by atoms with van der Waals surface area (Å²) < 4.78 is 0. The van der Waals surface area contributed by atoms with Crippen LogP contribution >= 0.6 is 0 Å². The summed E-state index contributed by atoms with van der Waals surface area (Å²) in [5.41, 5.74) is 2.56. The molecule has 1 aromatic heterocycles. The normalized spacial score (nSPS) is 20.7. The average Bonchev–Trinajstić information content (AvgIpc) is 2.79. The number of rotatable bonds is 4. The second-order valence-electron chi connectivity index (χ2n) is 4.03. The number of nitrogens with one attached hydrogen (secondary N) is 2. The van der Waals surface area contributed by atoms with Crippen LogP contribution < -0.4 is 10.6 Å². The van der Waals surface area contributed by atoms with Gasteiger partial charge in [0, 0.05) is 25.3 Å². The second kappa shape index (κ2) is 5.24. The molecule has 2 rings (SSSR count). The molecule has 0 saturated carbocycles. The quantitative estimate of drug-likeness (QED) is 0.773. The Balaban J connectivity index is 1.91. The molecule has 1 fully saturated rings. The van der Waals surface area contributed by atoms with E-state index in [0.717, 1.165) is 26.1 Å². The zero-order valence-electron chi connectivity index (χ0n) is 9.29. The van der Waals surface area contributed by atoms with Crippen LogP contribution in [-0.2, 0) is 13.0 Å². The van der Waals surface area contributed by atoms with Gasteiger partial charge in [0.05, 0.1) is 5.69 Å². The van der Waals surface area contributed by atoms with E-state index < -0.39 is 0 Å². The summed E-state index contributed by atoms with van der Waals surface area (Å²) in [5, 5.41) is 6.90. The Hall–Kier alpha value is -0.930. The zero-order chi connectivity index (χ0) is 10.5. The predicted octanol–water partition coefficient (Wildman–Crippen LogP) is 1.10. The van der Waals surface area contributed by atoms with E-state index in [1.165, 1.54) is 17.7 Å². The molecule has 1 aromatic rings. The van der Waals surface area contributed by atoms with Gasteiger partial charge < -0.3 is 10.6 Å². The summed E-state index contributed by atoms with van der Waals surface area (Å²) in [6.45, 7) is 5.31. The highest BCUT2D eigenvalue weighted by Crippen LogP contribution is 2.07. The van der Waals surface area contributed by atoms with E-state index >= 15 is 0 Å². The van der Waals surface area contributed by atoms with Crippen molar-refractivity contribution in [2.45, 2.75) is 32.4 Å². The van der Waals surface area contributed by atoms with E-state index in [1.54, 1.807) is 0 Å². The van der Waals surface area contributed by atoms with Gasteiger partial charge in [0.2, 0.25) is 0 Å². The molecule has 0 radical (unpaired) electrons. The summed E-state index contributed by atoms with van der Waals surface area (Å²) in [7, 11) is 0. The molecule has 3 nitrogen and oxygen atoms in total. The Bertz CT molecular complexity index is 305. The lowest BCUT2D eigenvalue weighted by Crippen LogP contribution is -2.31. The van der Waals surface area contributed by atoms with E-state index in [-0.39, 0.29) is 0 Å². The summed E-state index contributed by atoms with van der Waals surface area (Å²) in [6.07, 6.45) is 4.17. The molecule has 3 heteroatoms. The van der Waals surface area contributed by atoms with Crippen LogP contribution in [0, 0.1) is 0 Å². The van der Waals surface area contributed by atoms with Gasteiger partial charge in [-0.15, -0.1) is 0 Å². The first-order valence-electron chi connectivity index (χ1n) is 5.77. The highest BCUT2D eigenvalue weighted by atomic mass is 15.0. The molecule has 1 aliphatic heterocycles. The van der Waals surface area contributed by atoms with Crippen LogP contribution in [0.25, 0.3) is 0 Å². The smallest absolute Gasteiger partial charge is 0.0573 e. The first-order valence-corrected chi connectivity index (χ1v) is 5.77. The second-order valence-corrected chi connectivity index (χ2v) is 4.03. The monoisotopic (exact) mass is 205 g/mol. The van der Waals surface area contributed by atoms with Crippen molar-refractivity contribution in [1.82, 2.24) is 15.6 Å². The first-order chi connectivity index (χ1) is 7.40. The molecular formula is C12H19N3. The van der Waals surface area contributed by atoms with Gasteiger partial charge in [-0.05, 0) is 31.0 Å². The topological polar surface area (TPSA) is 37.0 Å². The summed E-state index contributed by atoms with van der Waals surface area (Å²) in [6, 6.07) is 4.80. The largest absolute Gasteiger partial charge is 0.315 e. The van der Waals surface area contributed by atoms with E-state index in [2.05, 4.69) is 28.6 Å². The molecule has 1 atom stereocenters. The SMILES string of the molecule is CCc1cccnc1CNC1CCNC1. The fourth-order valence-corrected chi connectivity index (χ4v) is 2.02. The molecule has 1 unspecified atom stereocenters. The summed E-state index contributed by atoms with van der Waals surface area (Å²) in [5.74, 6) is 0. The zero-order valence-corrected chi connectivity index (χ0v) is 9.29. The maximum Gasteiger partial charge on any atom is 0.0573 e. The minimum atomic E-state index is 0.622. The standard InChI is InChI=1S/C12H19N3/c1-2-10-4-3-6-14-12(10)9-15-11-5-7-13-8-11/h3-4,6,11,13,15H,2,5,7-9H2,1H3.